The lowest BCUT2D eigenvalue weighted by Crippen LogP contribution is -2.39. The summed E-state index contributed by atoms with van der Waals surface area (Å²) < 4.78 is 10.0. The van der Waals surface area contributed by atoms with Crippen molar-refractivity contribution in [3.05, 3.63) is 29.8 Å². The molecular weight excluding hydrogens is 299 g/mol. The topological polar surface area (TPSA) is 35.5 Å². The van der Waals surface area contributed by atoms with Crippen LogP contribution in [0.3, 0.4) is 0 Å². The first-order valence-corrected chi connectivity index (χ1v) is 7.36. The molecule has 0 bridgehead atoms. The van der Waals surface area contributed by atoms with Gasteiger partial charge in [-0.05, 0) is 44.9 Å². The lowest BCUT2D eigenvalue weighted by Gasteiger charge is -2.24. The highest BCUT2D eigenvalue weighted by Gasteiger charge is 2.52. The monoisotopic (exact) mass is 316 g/mol. The molecule has 1 atom stereocenters. The first-order valence-electron chi connectivity index (χ1n) is 6.60. The number of alkyl halides is 2. The normalized spacial score (nSPS) is 20.4. The third-order valence-electron chi connectivity index (χ3n) is 3.25. The van der Waals surface area contributed by atoms with Gasteiger partial charge in [0, 0.05) is 5.92 Å². The first-order chi connectivity index (χ1) is 9.26. The van der Waals surface area contributed by atoms with Crippen LogP contribution in [0.2, 0.25) is 0 Å². The van der Waals surface area contributed by atoms with Crippen molar-refractivity contribution in [3.63, 3.8) is 0 Å². The number of halogens is 2. The molecule has 0 heterocycles. The molecule has 20 heavy (non-hydrogen) atoms. The summed E-state index contributed by atoms with van der Waals surface area (Å²) in [5.41, 5.74) is 0.0658. The van der Waals surface area contributed by atoms with E-state index in [4.69, 9.17) is 32.7 Å². The molecule has 110 valence electrons. The van der Waals surface area contributed by atoms with E-state index >= 15 is 0 Å². The lowest BCUT2D eigenvalue weighted by atomic mass is 10.1. The summed E-state index contributed by atoms with van der Waals surface area (Å²) in [5, 5.41) is 0. The van der Waals surface area contributed by atoms with E-state index in [-0.39, 0.29) is 11.9 Å². The average Bonchev–Trinajstić information content (AvgIpc) is 2.99. The Balaban J connectivity index is 2.02. The third kappa shape index (κ3) is 3.39. The Kier molecular flexibility index (Phi) is 4.22. The zero-order chi connectivity index (χ0) is 15.0. The smallest absolute Gasteiger partial charge is 0.349 e. The number of carbonyl (C=O) groups is 1. The Morgan fingerprint density at radius 2 is 1.90 bits per heavy atom. The lowest BCUT2D eigenvalue weighted by molar-refractivity contribution is -0.158. The van der Waals surface area contributed by atoms with Crippen LogP contribution in [-0.2, 0) is 9.53 Å². The molecule has 1 aromatic rings. The van der Waals surface area contributed by atoms with Crippen LogP contribution < -0.4 is 4.74 Å². The van der Waals surface area contributed by atoms with Gasteiger partial charge in [-0.3, -0.25) is 0 Å². The molecule has 0 spiro atoms. The number of hydrogen-bond donors (Lipinski definition) is 0. The molecule has 1 saturated carbocycles. The summed E-state index contributed by atoms with van der Waals surface area (Å²) in [6.45, 7) is 5.47. The molecular formula is C15H18Cl2O3. The molecule has 3 nitrogen and oxygen atoms in total. The number of hydrogen-bond acceptors (Lipinski definition) is 3. The van der Waals surface area contributed by atoms with Crippen LogP contribution in [0.5, 0.6) is 5.75 Å². The molecule has 0 unspecified atom stereocenters. The zero-order valence-electron chi connectivity index (χ0n) is 11.8. The Hall–Kier alpha value is -0.930. The van der Waals surface area contributed by atoms with Crippen LogP contribution in [-0.4, -0.2) is 22.5 Å². The predicted molar refractivity (Wildman–Crippen MR) is 79.6 cm³/mol. The maximum atomic E-state index is 11.8. The van der Waals surface area contributed by atoms with Crippen molar-refractivity contribution in [1.29, 1.82) is 0 Å². The minimum Gasteiger partial charge on any atom is -0.476 e. The van der Waals surface area contributed by atoms with Gasteiger partial charge < -0.3 is 9.47 Å². The molecule has 1 aliphatic carbocycles. The molecule has 0 aromatic heterocycles. The van der Waals surface area contributed by atoms with Crippen LogP contribution in [0, 0.1) is 0 Å². The fraction of sp³-hybridized carbons (Fsp3) is 0.533. The number of ether oxygens (including phenoxy) is 2. The third-order valence-corrected chi connectivity index (χ3v) is 4.08. The molecule has 1 fully saturated rings. The summed E-state index contributed by atoms with van der Waals surface area (Å²) in [6.07, 6.45) is 0.768. The van der Waals surface area contributed by atoms with Crippen LogP contribution >= 0.6 is 23.2 Å². The second kappa shape index (κ2) is 5.45. The van der Waals surface area contributed by atoms with E-state index in [9.17, 15) is 4.79 Å². The second-order valence-electron chi connectivity index (χ2n) is 5.42. The molecule has 0 N–H and O–H groups in total. The quantitative estimate of drug-likeness (QED) is 0.607. The zero-order valence-corrected chi connectivity index (χ0v) is 13.3. The van der Waals surface area contributed by atoms with Gasteiger partial charge in [-0.15, -0.1) is 23.2 Å². The van der Waals surface area contributed by atoms with E-state index in [1.807, 2.05) is 24.3 Å². The van der Waals surface area contributed by atoms with Gasteiger partial charge in [0.05, 0.1) is 6.61 Å². The van der Waals surface area contributed by atoms with Gasteiger partial charge in [0.2, 0.25) is 0 Å². The summed E-state index contributed by atoms with van der Waals surface area (Å²) in [4.78, 5) is 11.8. The molecule has 1 aliphatic rings. The van der Waals surface area contributed by atoms with Crippen molar-refractivity contribution in [1.82, 2.24) is 0 Å². The fourth-order valence-corrected chi connectivity index (χ4v) is 2.54. The number of carbonyl (C=O) groups excluding carboxylic acids is 1. The van der Waals surface area contributed by atoms with Gasteiger partial charge >= 0.3 is 5.97 Å². The fourth-order valence-electron chi connectivity index (χ4n) is 1.98. The summed E-state index contributed by atoms with van der Waals surface area (Å²) >= 11 is 12.1. The van der Waals surface area contributed by atoms with Gasteiger partial charge in [0.25, 0.3) is 0 Å². The van der Waals surface area contributed by atoms with E-state index in [2.05, 4.69) is 0 Å². The molecule has 0 saturated heterocycles. The highest BCUT2D eigenvalue weighted by molar-refractivity contribution is 6.51. The van der Waals surface area contributed by atoms with Crippen LogP contribution in [0.25, 0.3) is 0 Å². The summed E-state index contributed by atoms with van der Waals surface area (Å²) in [5.74, 6) is 0.409. The van der Waals surface area contributed by atoms with Crippen molar-refractivity contribution < 1.29 is 14.3 Å². The van der Waals surface area contributed by atoms with Gasteiger partial charge in [-0.1, -0.05) is 12.1 Å². The molecule has 2 rings (SSSR count). The van der Waals surface area contributed by atoms with E-state index in [0.717, 1.165) is 12.0 Å². The predicted octanol–water partition coefficient (Wildman–Crippen LogP) is 4.07. The maximum absolute atomic E-state index is 11.8. The molecule has 0 radical (unpaired) electrons. The first kappa shape index (κ1) is 15.5. The van der Waals surface area contributed by atoms with Crippen LogP contribution in [0.4, 0.5) is 0 Å². The van der Waals surface area contributed by atoms with E-state index in [0.29, 0.717) is 12.4 Å². The highest BCUT2D eigenvalue weighted by Crippen LogP contribution is 2.59. The Morgan fingerprint density at radius 3 is 2.35 bits per heavy atom. The van der Waals surface area contributed by atoms with Gasteiger partial charge in [-0.25, -0.2) is 4.79 Å². The molecule has 5 heteroatoms. The summed E-state index contributed by atoms with van der Waals surface area (Å²) in [6, 6.07) is 7.48. The maximum Gasteiger partial charge on any atom is 0.349 e. The number of benzene rings is 1. The standard InChI is InChI=1S/C15H18Cl2O3/c1-4-19-13(18)14(2,3)20-11-7-5-10(6-8-11)12-9-15(12,16)17/h5-8,12H,4,9H2,1-3H3/t12-/m0/s1. The minimum absolute atomic E-state index is 0.179. The van der Waals surface area contributed by atoms with Crippen molar-refractivity contribution in [3.8, 4) is 5.75 Å². The average molecular weight is 317 g/mol. The van der Waals surface area contributed by atoms with Crippen molar-refractivity contribution >= 4 is 29.2 Å². The van der Waals surface area contributed by atoms with Gasteiger partial charge in [0.15, 0.2) is 5.60 Å². The van der Waals surface area contributed by atoms with Crippen molar-refractivity contribution in [2.45, 2.75) is 43.0 Å². The number of esters is 1. The van der Waals surface area contributed by atoms with Gasteiger partial charge in [-0.2, -0.15) is 0 Å². The highest BCUT2D eigenvalue weighted by atomic mass is 35.5. The minimum atomic E-state index is -1.01. The molecule has 1 aromatic carbocycles. The van der Waals surface area contributed by atoms with Gasteiger partial charge in [0.1, 0.15) is 10.1 Å². The number of rotatable bonds is 5. The SMILES string of the molecule is CCOC(=O)C(C)(C)Oc1ccc([C@@H]2CC2(Cl)Cl)cc1. The molecule has 0 amide bonds. The van der Waals surface area contributed by atoms with Crippen molar-refractivity contribution in [2.75, 3.05) is 6.61 Å². The van der Waals surface area contributed by atoms with Crippen molar-refractivity contribution in [2.24, 2.45) is 0 Å². The Labute approximate surface area is 129 Å². The summed E-state index contributed by atoms with van der Waals surface area (Å²) in [7, 11) is 0. The van der Waals surface area contributed by atoms with E-state index in [1.54, 1.807) is 20.8 Å². The molecule has 0 aliphatic heterocycles. The van der Waals surface area contributed by atoms with E-state index < -0.39 is 9.93 Å². The van der Waals surface area contributed by atoms with Crippen LogP contribution in [0.1, 0.15) is 38.7 Å². The second-order valence-corrected chi connectivity index (χ2v) is 6.96. The Bertz CT molecular complexity index is 494. The van der Waals surface area contributed by atoms with Crippen LogP contribution in [0.15, 0.2) is 24.3 Å². The Morgan fingerprint density at radius 1 is 1.35 bits per heavy atom. The largest absolute Gasteiger partial charge is 0.476 e. The van der Waals surface area contributed by atoms with E-state index in [1.165, 1.54) is 0 Å².